The number of anilines is 1. The fourth-order valence-corrected chi connectivity index (χ4v) is 0.748. The maximum absolute atomic E-state index is 10.4. The zero-order valence-electron chi connectivity index (χ0n) is 6.46. The van der Waals surface area contributed by atoms with Gasteiger partial charge in [-0.3, -0.25) is 10.00 Å². The highest BCUT2D eigenvalue weighted by Crippen LogP contribution is 2.05. The van der Waals surface area contributed by atoms with Crippen molar-refractivity contribution in [1.82, 2.24) is 9.78 Å². The van der Waals surface area contributed by atoms with Crippen LogP contribution in [0.1, 0.15) is 5.69 Å². The van der Waals surface area contributed by atoms with Crippen molar-refractivity contribution in [2.75, 3.05) is 5.32 Å². The fraction of sp³-hybridized carbons (Fsp3) is 0.333. The van der Waals surface area contributed by atoms with Crippen molar-refractivity contribution in [2.24, 2.45) is 12.8 Å². The Bertz CT molecular complexity index is 259. The summed E-state index contributed by atoms with van der Waals surface area (Å²) in [5.74, 6) is 0.484. The standard InChI is InChI=1S/C6H10N4O/c1-4-3-5(8-6(7)11)9-10(4)2/h3H,1-2H3,(H3,7,8,9,11). The first-order valence-electron chi connectivity index (χ1n) is 3.16. The second kappa shape index (κ2) is 2.61. The Hall–Kier alpha value is -1.52. The number of carbonyl (C=O) groups is 1. The first-order valence-corrected chi connectivity index (χ1v) is 3.16. The molecular formula is C6H10N4O. The molecule has 0 atom stereocenters. The number of aromatic nitrogens is 2. The number of carbonyl (C=O) groups excluding carboxylic acids is 1. The van der Waals surface area contributed by atoms with Crippen LogP contribution in [0.15, 0.2) is 6.07 Å². The van der Waals surface area contributed by atoms with Crippen LogP contribution in [0, 0.1) is 6.92 Å². The lowest BCUT2D eigenvalue weighted by atomic mass is 10.5. The van der Waals surface area contributed by atoms with E-state index in [1.54, 1.807) is 17.8 Å². The molecule has 0 bridgehead atoms. The predicted octanol–water partition coefficient (Wildman–Crippen LogP) is 0.219. The Balaban J connectivity index is 2.81. The zero-order valence-corrected chi connectivity index (χ0v) is 6.46. The molecule has 0 spiro atoms. The first kappa shape index (κ1) is 7.59. The smallest absolute Gasteiger partial charge is 0.317 e. The number of amides is 2. The molecule has 1 aromatic rings. The first-order chi connectivity index (χ1) is 5.09. The Morgan fingerprint density at radius 2 is 2.45 bits per heavy atom. The van der Waals surface area contributed by atoms with Gasteiger partial charge in [0.05, 0.1) is 0 Å². The van der Waals surface area contributed by atoms with E-state index in [0.29, 0.717) is 5.82 Å². The van der Waals surface area contributed by atoms with Gasteiger partial charge in [-0.15, -0.1) is 0 Å². The van der Waals surface area contributed by atoms with E-state index in [-0.39, 0.29) is 0 Å². The summed E-state index contributed by atoms with van der Waals surface area (Å²) in [6.07, 6.45) is 0. The van der Waals surface area contributed by atoms with Crippen molar-refractivity contribution < 1.29 is 4.79 Å². The van der Waals surface area contributed by atoms with Crippen LogP contribution in [0.25, 0.3) is 0 Å². The highest BCUT2D eigenvalue weighted by atomic mass is 16.2. The van der Waals surface area contributed by atoms with Crippen molar-refractivity contribution in [3.8, 4) is 0 Å². The quantitative estimate of drug-likeness (QED) is 0.607. The lowest BCUT2D eigenvalue weighted by molar-refractivity contribution is 0.259. The molecule has 1 rings (SSSR count). The van der Waals surface area contributed by atoms with Crippen molar-refractivity contribution in [1.29, 1.82) is 0 Å². The van der Waals surface area contributed by atoms with E-state index in [1.807, 2.05) is 6.92 Å². The topological polar surface area (TPSA) is 72.9 Å². The van der Waals surface area contributed by atoms with Crippen molar-refractivity contribution in [3.05, 3.63) is 11.8 Å². The van der Waals surface area contributed by atoms with E-state index >= 15 is 0 Å². The molecule has 0 aromatic carbocycles. The van der Waals surface area contributed by atoms with Crippen LogP contribution in [0.5, 0.6) is 0 Å². The molecule has 0 aliphatic heterocycles. The number of hydrogen-bond donors (Lipinski definition) is 2. The molecule has 5 heteroatoms. The number of nitrogens with two attached hydrogens (primary N) is 1. The lowest BCUT2D eigenvalue weighted by Crippen LogP contribution is -2.19. The number of nitrogens with one attached hydrogen (secondary N) is 1. The van der Waals surface area contributed by atoms with Crippen LogP contribution in [0.3, 0.4) is 0 Å². The molecule has 1 heterocycles. The summed E-state index contributed by atoms with van der Waals surface area (Å²) in [5, 5.41) is 6.33. The van der Waals surface area contributed by atoms with Gasteiger partial charge in [-0.2, -0.15) is 5.10 Å². The Labute approximate surface area is 64.2 Å². The molecule has 3 N–H and O–H groups in total. The van der Waals surface area contributed by atoms with Gasteiger partial charge in [-0.05, 0) is 6.92 Å². The minimum Gasteiger partial charge on any atom is -0.351 e. The second-order valence-electron chi connectivity index (χ2n) is 2.28. The summed E-state index contributed by atoms with van der Waals surface area (Å²) >= 11 is 0. The lowest BCUT2D eigenvalue weighted by Gasteiger charge is -1.92. The minimum atomic E-state index is -0.594. The summed E-state index contributed by atoms with van der Waals surface area (Å²) in [7, 11) is 1.79. The third-order valence-electron chi connectivity index (χ3n) is 1.37. The molecule has 0 saturated carbocycles. The van der Waals surface area contributed by atoms with Gasteiger partial charge < -0.3 is 5.73 Å². The van der Waals surface area contributed by atoms with Gasteiger partial charge in [0.15, 0.2) is 5.82 Å². The summed E-state index contributed by atoms with van der Waals surface area (Å²) in [5.41, 5.74) is 5.85. The van der Waals surface area contributed by atoms with E-state index in [4.69, 9.17) is 5.73 Å². The van der Waals surface area contributed by atoms with Crippen LogP contribution in [-0.4, -0.2) is 15.8 Å². The van der Waals surface area contributed by atoms with Gasteiger partial charge in [0.1, 0.15) is 0 Å². The summed E-state index contributed by atoms with van der Waals surface area (Å²) in [6, 6.07) is 1.15. The van der Waals surface area contributed by atoms with Crippen LogP contribution < -0.4 is 11.1 Å². The normalized spacial score (nSPS) is 9.64. The number of hydrogen-bond acceptors (Lipinski definition) is 2. The third-order valence-corrected chi connectivity index (χ3v) is 1.37. The Kier molecular flexibility index (Phi) is 1.80. The number of primary amides is 1. The van der Waals surface area contributed by atoms with E-state index < -0.39 is 6.03 Å². The van der Waals surface area contributed by atoms with Crippen LogP contribution in [0.4, 0.5) is 10.6 Å². The van der Waals surface area contributed by atoms with Gasteiger partial charge >= 0.3 is 6.03 Å². The maximum Gasteiger partial charge on any atom is 0.317 e. The SMILES string of the molecule is Cc1cc(NC(N)=O)nn1C. The van der Waals surface area contributed by atoms with Crippen LogP contribution in [-0.2, 0) is 7.05 Å². The molecule has 0 radical (unpaired) electrons. The molecule has 2 amide bonds. The fourth-order valence-electron chi connectivity index (χ4n) is 0.748. The molecule has 60 valence electrons. The largest absolute Gasteiger partial charge is 0.351 e. The van der Waals surface area contributed by atoms with Crippen molar-refractivity contribution >= 4 is 11.8 Å². The summed E-state index contributed by atoms with van der Waals surface area (Å²) in [4.78, 5) is 10.4. The Morgan fingerprint density at radius 1 is 1.82 bits per heavy atom. The number of aryl methyl sites for hydroxylation is 2. The maximum atomic E-state index is 10.4. The molecule has 11 heavy (non-hydrogen) atoms. The Morgan fingerprint density at radius 3 is 2.82 bits per heavy atom. The molecule has 0 aliphatic carbocycles. The summed E-state index contributed by atoms with van der Waals surface area (Å²) < 4.78 is 1.66. The van der Waals surface area contributed by atoms with Crippen LogP contribution >= 0.6 is 0 Å². The van der Waals surface area contributed by atoms with E-state index in [1.165, 1.54) is 0 Å². The second-order valence-corrected chi connectivity index (χ2v) is 2.28. The molecular weight excluding hydrogens is 144 g/mol. The number of nitrogens with zero attached hydrogens (tertiary/aromatic N) is 2. The van der Waals surface area contributed by atoms with E-state index in [0.717, 1.165) is 5.69 Å². The van der Waals surface area contributed by atoms with Crippen LogP contribution in [0.2, 0.25) is 0 Å². The van der Waals surface area contributed by atoms with Crippen molar-refractivity contribution in [2.45, 2.75) is 6.92 Å². The monoisotopic (exact) mass is 154 g/mol. The van der Waals surface area contributed by atoms with Gasteiger partial charge in [0.25, 0.3) is 0 Å². The summed E-state index contributed by atoms with van der Waals surface area (Å²) in [6.45, 7) is 1.89. The van der Waals surface area contributed by atoms with E-state index in [2.05, 4.69) is 10.4 Å². The molecule has 5 nitrogen and oxygen atoms in total. The van der Waals surface area contributed by atoms with Gasteiger partial charge in [-0.1, -0.05) is 0 Å². The molecule has 0 saturated heterocycles. The number of urea groups is 1. The zero-order chi connectivity index (χ0) is 8.43. The third kappa shape index (κ3) is 1.70. The number of rotatable bonds is 1. The van der Waals surface area contributed by atoms with Gasteiger partial charge in [0.2, 0.25) is 0 Å². The molecule has 0 fully saturated rings. The van der Waals surface area contributed by atoms with Gasteiger partial charge in [0, 0.05) is 18.8 Å². The molecule has 1 aromatic heterocycles. The molecule has 0 unspecified atom stereocenters. The highest BCUT2D eigenvalue weighted by Gasteiger charge is 2.01. The van der Waals surface area contributed by atoms with E-state index in [9.17, 15) is 4.79 Å². The average molecular weight is 154 g/mol. The minimum absolute atomic E-state index is 0.484. The average Bonchev–Trinajstić information content (AvgIpc) is 2.10. The molecule has 0 aliphatic rings. The van der Waals surface area contributed by atoms with Crippen molar-refractivity contribution in [3.63, 3.8) is 0 Å². The van der Waals surface area contributed by atoms with Gasteiger partial charge in [-0.25, -0.2) is 4.79 Å². The highest BCUT2D eigenvalue weighted by molar-refractivity contribution is 5.86. The predicted molar refractivity (Wildman–Crippen MR) is 41.2 cm³/mol.